The molecule has 0 radical (unpaired) electrons. The van der Waals surface area contributed by atoms with Crippen molar-refractivity contribution >= 4 is 5.96 Å². The quantitative estimate of drug-likeness (QED) is 0.634. The van der Waals surface area contributed by atoms with Crippen molar-refractivity contribution in [3.8, 4) is 0 Å². The van der Waals surface area contributed by atoms with Gasteiger partial charge in [0.1, 0.15) is 5.82 Å². The Morgan fingerprint density at radius 1 is 1.37 bits per heavy atom. The van der Waals surface area contributed by atoms with Gasteiger partial charge >= 0.3 is 0 Å². The molecule has 0 aliphatic rings. The highest BCUT2D eigenvalue weighted by atomic mass is 19.1. The van der Waals surface area contributed by atoms with Crippen LogP contribution in [0.5, 0.6) is 0 Å². The molecule has 0 saturated heterocycles. The number of aliphatic imine (C=N–C) groups is 1. The van der Waals surface area contributed by atoms with Crippen molar-refractivity contribution in [2.75, 3.05) is 20.2 Å². The molecular weight excluding hydrogens is 245 g/mol. The smallest absolute Gasteiger partial charge is 0.191 e. The number of hydrogen-bond donors (Lipinski definition) is 1. The summed E-state index contributed by atoms with van der Waals surface area (Å²) < 4.78 is 18.4. The van der Waals surface area contributed by atoms with Gasteiger partial charge in [-0.25, -0.2) is 9.38 Å². The Labute approximate surface area is 114 Å². The predicted octanol–water partition coefficient (Wildman–Crippen LogP) is 2.13. The molecule has 0 bridgehead atoms. The van der Waals surface area contributed by atoms with Crippen LogP contribution in [0, 0.1) is 5.82 Å². The van der Waals surface area contributed by atoms with Crippen LogP contribution in [0.4, 0.5) is 4.39 Å². The topological polar surface area (TPSA) is 50.8 Å². The molecule has 0 spiro atoms. The highest BCUT2D eigenvalue weighted by molar-refractivity contribution is 5.77. The average molecular weight is 267 g/mol. The summed E-state index contributed by atoms with van der Waals surface area (Å²) in [6.07, 6.45) is 0. The molecule has 106 valence electrons. The number of halogens is 1. The Bertz CT molecular complexity index is 431. The Morgan fingerprint density at radius 2 is 2.05 bits per heavy atom. The summed E-state index contributed by atoms with van der Waals surface area (Å²) in [4.78, 5) is 6.30. The Morgan fingerprint density at radius 3 is 2.63 bits per heavy atom. The lowest BCUT2D eigenvalue weighted by Gasteiger charge is -2.19. The molecule has 0 unspecified atom stereocenters. The molecule has 1 rings (SSSR count). The average Bonchev–Trinajstić information content (AvgIpc) is 2.41. The zero-order valence-electron chi connectivity index (χ0n) is 11.8. The van der Waals surface area contributed by atoms with Crippen LogP contribution in [-0.2, 0) is 17.9 Å². The first-order valence-corrected chi connectivity index (χ1v) is 6.43. The molecule has 0 aliphatic carbocycles. The van der Waals surface area contributed by atoms with Crippen LogP contribution in [0.15, 0.2) is 23.2 Å². The van der Waals surface area contributed by atoms with Gasteiger partial charge in [0.25, 0.3) is 0 Å². The summed E-state index contributed by atoms with van der Waals surface area (Å²) in [5, 5.41) is 0. The fraction of sp³-hybridized carbons (Fsp3) is 0.500. The van der Waals surface area contributed by atoms with E-state index in [0.717, 1.165) is 18.7 Å². The summed E-state index contributed by atoms with van der Waals surface area (Å²) in [6, 6.07) is 4.91. The highest BCUT2D eigenvalue weighted by Gasteiger charge is 2.05. The zero-order chi connectivity index (χ0) is 14.3. The number of rotatable bonds is 6. The summed E-state index contributed by atoms with van der Waals surface area (Å²) in [5.41, 5.74) is 7.35. The van der Waals surface area contributed by atoms with E-state index in [2.05, 4.69) is 4.99 Å². The Hall–Kier alpha value is -1.62. The fourth-order valence-electron chi connectivity index (χ4n) is 1.81. The van der Waals surface area contributed by atoms with Crippen LogP contribution >= 0.6 is 0 Å². The number of benzene rings is 1. The minimum Gasteiger partial charge on any atom is -0.380 e. The predicted molar refractivity (Wildman–Crippen MR) is 75.4 cm³/mol. The second-order valence-electron chi connectivity index (χ2n) is 4.21. The van der Waals surface area contributed by atoms with Crippen molar-refractivity contribution < 1.29 is 9.13 Å². The standard InChI is InChI=1S/C14H22FN3O/c1-4-18(5-2)14(16)17-9-11-6-7-13(15)12(8-11)10-19-3/h6-8H,4-5,9-10H2,1-3H3,(H2,16,17). The van der Waals surface area contributed by atoms with E-state index in [0.29, 0.717) is 18.1 Å². The van der Waals surface area contributed by atoms with E-state index in [9.17, 15) is 4.39 Å². The van der Waals surface area contributed by atoms with Crippen LogP contribution in [0.2, 0.25) is 0 Å². The molecular formula is C14H22FN3O. The van der Waals surface area contributed by atoms with E-state index in [4.69, 9.17) is 10.5 Å². The minimum absolute atomic E-state index is 0.258. The van der Waals surface area contributed by atoms with Gasteiger partial charge in [-0.15, -0.1) is 0 Å². The molecule has 0 aliphatic heterocycles. The number of nitrogens with zero attached hydrogens (tertiary/aromatic N) is 2. The number of nitrogens with two attached hydrogens (primary N) is 1. The fourth-order valence-corrected chi connectivity index (χ4v) is 1.81. The van der Waals surface area contributed by atoms with E-state index in [1.807, 2.05) is 18.7 Å². The molecule has 0 heterocycles. The van der Waals surface area contributed by atoms with Crippen molar-refractivity contribution in [3.63, 3.8) is 0 Å². The maximum Gasteiger partial charge on any atom is 0.191 e. The van der Waals surface area contributed by atoms with E-state index in [1.54, 1.807) is 19.2 Å². The number of hydrogen-bond acceptors (Lipinski definition) is 2. The largest absolute Gasteiger partial charge is 0.380 e. The molecule has 0 amide bonds. The summed E-state index contributed by atoms with van der Waals surface area (Å²) >= 11 is 0. The van der Waals surface area contributed by atoms with Crippen LogP contribution in [0.1, 0.15) is 25.0 Å². The second-order valence-corrected chi connectivity index (χ2v) is 4.21. The lowest BCUT2D eigenvalue weighted by Crippen LogP contribution is -2.37. The van der Waals surface area contributed by atoms with Gasteiger partial charge in [0, 0.05) is 25.8 Å². The third-order valence-electron chi connectivity index (χ3n) is 2.92. The molecule has 5 heteroatoms. The number of guanidine groups is 1. The first-order valence-electron chi connectivity index (χ1n) is 6.43. The SMILES string of the molecule is CCN(CC)C(N)=NCc1ccc(F)c(COC)c1. The van der Waals surface area contributed by atoms with Gasteiger partial charge in [0.2, 0.25) is 0 Å². The minimum atomic E-state index is -0.258. The third kappa shape index (κ3) is 4.52. The molecule has 0 saturated carbocycles. The van der Waals surface area contributed by atoms with Crippen LogP contribution in [0.25, 0.3) is 0 Å². The van der Waals surface area contributed by atoms with Crippen molar-refractivity contribution in [3.05, 3.63) is 35.1 Å². The molecule has 1 aromatic carbocycles. The maximum absolute atomic E-state index is 13.4. The highest BCUT2D eigenvalue weighted by Crippen LogP contribution is 2.12. The van der Waals surface area contributed by atoms with Gasteiger partial charge in [0.15, 0.2) is 5.96 Å². The van der Waals surface area contributed by atoms with Gasteiger partial charge in [-0.05, 0) is 31.5 Å². The lowest BCUT2D eigenvalue weighted by atomic mass is 10.1. The van der Waals surface area contributed by atoms with Crippen molar-refractivity contribution in [2.24, 2.45) is 10.7 Å². The first-order chi connectivity index (χ1) is 9.12. The van der Waals surface area contributed by atoms with E-state index >= 15 is 0 Å². The lowest BCUT2D eigenvalue weighted by molar-refractivity contribution is 0.181. The van der Waals surface area contributed by atoms with Crippen LogP contribution < -0.4 is 5.73 Å². The molecule has 1 aromatic rings. The van der Waals surface area contributed by atoms with E-state index in [-0.39, 0.29) is 12.4 Å². The normalized spacial score (nSPS) is 11.7. The molecule has 0 atom stereocenters. The van der Waals surface area contributed by atoms with E-state index in [1.165, 1.54) is 6.07 Å². The first kappa shape index (κ1) is 15.4. The molecule has 0 aromatic heterocycles. The van der Waals surface area contributed by atoms with Crippen molar-refractivity contribution in [2.45, 2.75) is 27.0 Å². The monoisotopic (exact) mass is 267 g/mol. The van der Waals surface area contributed by atoms with Gasteiger partial charge in [-0.3, -0.25) is 0 Å². The third-order valence-corrected chi connectivity index (χ3v) is 2.92. The summed E-state index contributed by atoms with van der Waals surface area (Å²) in [5.74, 6) is 0.258. The van der Waals surface area contributed by atoms with Gasteiger partial charge in [0.05, 0.1) is 13.2 Å². The van der Waals surface area contributed by atoms with Gasteiger partial charge in [-0.2, -0.15) is 0 Å². The van der Waals surface area contributed by atoms with Crippen molar-refractivity contribution in [1.82, 2.24) is 4.90 Å². The van der Waals surface area contributed by atoms with E-state index < -0.39 is 0 Å². The van der Waals surface area contributed by atoms with Crippen LogP contribution in [-0.4, -0.2) is 31.1 Å². The Balaban J connectivity index is 2.77. The Kier molecular flexibility index (Phi) is 6.29. The maximum atomic E-state index is 13.4. The van der Waals surface area contributed by atoms with Gasteiger partial charge < -0.3 is 15.4 Å². The number of ether oxygens (including phenoxy) is 1. The molecule has 4 nitrogen and oxygen atoms in total. The zero-order valence-corrected chi connectivity index (χ0v) is 11.8. The summed E-state index contributed by atoms with van der Waals surface area (Å²) in [6.45, 7) is 6.41. The molecule has 19 heavy (non-hydrogen) atoms. The second kappa shape index (κ2) is 7.74. The van der Waals surface area contributed by atoms with Gasteiger partial charge in [-0.1, -0.05) is 6.07 Å². The van der Waals surface area contributed by atoms with Crippen LogP contribution in [0.3, 0.4) is 0 Å². The molecule has 0 fully saturated rings. The van der Waals surface area contributed by atoms with Crippen molar-refractivity contribution in [1.29, 1.82) is 0 Å². The summed E-state index contributed by atoms with van der Waals surface area (Å²) in [7, 11) is 1.54. The number of methoxy groups -OCH3 is 1. The molecule has 2 N–H and O–H groups in total.